The van der Waals surface area contributed by atoms with Crippen LogP contribution in [0.25, 0.3) is 10.9 Å². The van der Waals surface area contributed by atoms with Crippen molar-refractivity contribution in [3.05, 3.63) is 94.4 Å². The van der Waals surface area contributed by atoms with Crippen LogP contribution in [-0.2, 0) is 0 Å². The van der Waals surface area contributed by atoms with E-state index >= 15 is 0 Å². The molecule has 0 amide bonds. The number of ether oxygens (including phenoxy) is 1. The molecule has 0 saturated heterocycles. The number of anilines is 1. The van der Waals surface area contributed by atoms with Crippen LogP contribution in [0.15, 0.2) is 77.7 Å². The Kier molecular flexibility index (Phi) is 6.33. The molecule has 7 nitrogen and oxygen atoms in total. The van der Waals surface area contributed by atoms with E-state index in [9.17, 15) is 4.79 Å². The Morgan fingerprint density at radius 1 is 1.20 bits per heavy atom. The highest BCUT2D eigenvalue weighted by Gasteiger charge is 2.20. The molecule has 3 heterocycles. The second-order valence-electron chi connectivity index (χ2n) is 8.39. The second-order valence-corrected chi connectivity index (χ2v) is 8.77. The van der Waals surface area contributed by atoms with Gasteiger partial charge in [0.25, 0.3) is 0 Å². The number of benzene rings is 2. The van der Waals surface area contributed by atoms with Crippen LogP contribution in [0, 0.1) is 0 Å². The number of methoxy groups -OCH3 is 1. The van der Waals surface area contributed by atoms with Gasteiger partial charge in [-0.25, -0.2) is 0 Å². The molecule has 1 atom stereocenters. The lowest BCUT2D eigenvalue weighted by molar-refractivity contribution is 0.103. The molecule has 176 valence electrons. The van der Waals surface area contributed by atoms with E-state index < -0.39 is 0 Å². The third-order valence-corrected chi connectivity index (χ3v) is 6.58. The van der Waals surface area contributed by atoms with E-state index in [1.807, 2.05) is 37.3 Å². The van der Waals surface area contributed by atoms with Crippen LogP contribution >= 0.6 is 11.6 Å². The average molecular weight is 486 g/mol. The summed E-state index contributed by atoms with van der Waals surface area (Å²) in [6.07, 6.45) is 7.95. The number of amidine groups is 1. The van der Waals surface area contributed by atoms with Gasteiger partial charge in [-0.1, -0.05) is 23.7 Å². The molecule has 2 N–H and O–H groups in total. The maximum absolute atomic E-state index is 13.0. The maximum Gasteiger partial charge on any atom is 0.198 e. The first kappa shape index (κ1) is 22.8. The van der Waals surface area contributed by atoms with Gasteiger partial charge in [0.15, 0.2) is 5.78 Å². The van der Waals surface area contributed by atoms with Crippen molar-refractivity contribution in [1.82, 2.24) is 15.2 Å². The predicted octanol–water partition coefficient (Wildman–Crippen LogP) is 5.80. The first-order chi connectivity index (χ1) is 17.0. The van der Waals surface area contributed by atoms with E-state index in [-0.39, 0.29) is 11.7 Å². The van der Waals surface area contributed by atoms with Crippen molar-refractivity contribution in [2.24, 2.45) is 4.99 Å². The zero-order chi connectivity index (χ0) is 24.4. The number of nitrogens with zero attached hydrogens (tertiary/aromatic N) is 3. The highest BCUT2D eigenvalue weighted by Crippen LogP contribution is 2.33. The number of carbonyl (C=O) groups excluding carboxylic acids is 1. The van der Waals surface area contributed by atoms with Crippen molar-refractivity contribution in [2.45, 2.75) is 19.3 Å². The number of pyridine rings is 1. The van der Waals surface area contributed by atoms with Gasteiger partial charge in [0.1, 0.15) is 11.6 Å². The molecule has 35 heavy (non-hydrogen) atoms. The van der Waals surface area contributed by atoms with Crippen LogP contribution in [-0.4, -0.2) is 40.5 Å². The number of halogens is 1. The topological polar surface area (TPSA) is 92.3 Å². The van der Waals surface area contributed by atoms with Crippen LogP contribution in [0.1, 0.15) is 40.7 Å². The fourth-order valence-electron chi connectivity index (χ4n) is 4.29. The van der Waals surface area contributed by atoms with Gasteiger partial charge in [-0.05, 0) is 60.9 Å². The summed E-state index contributed by atoms with van der Waals surface area (Å²) < 4.78 is 5.59. The van der Waals surface area contributed by atoms with Crippen LogP contribution in [0.2, 0.25) is 5.02 Å². The van der Waals surface area contributed by atoms with E-state index in [0.29, 0.717) is 28.4 Å². The predicted molar refractivity (Wildman–Crippen MR) is 139 cm³/mol. The summed E-state index contributed by atoms with van der Waals surface area (Å²) >= 11 is 6.59. The Balaban J connectivity index is 1.39. The zero-order valence-electron chi connectivity index (χ0n) is 19.4. The number of fused-ring (bicyclic) bond motifs is 1. The fourth-order valence-corrected chi connectivity index (χ4v) is 4.55. The zero-order valence-corrected chi connectivity index (χ0v) is 20.1. The van der Waals surface area contributed by atoms with E-state index in [4.69, 9.17) is 21.3 Å². The van der Waals surface area contributed by atoms with Crippen molar-refractivity contribution in [3.8, 4) is 5.75 Å². The minimum absolute atomic E-state index is 0.115. The molecule has 0 fully saturated rings. The summed E-state index contributed by atoms with van der Waals surface area (Å²) in [6.45, 7) is 2.68. The third kappa shape index (κ3) is 4.55. The smallest absolute Gasteiger partial charge is 0.198 e. The normalized spacial score (nSPS) is 15.8. The van der Waals surface area contributed by atoms with Crippen molar-refractivity contribution >= 4 is 39.8 Å². The molecule has 8 heteroatoms. The van der Waals surface area contributed by atoms with Gasteiger partial charge in [0.2, 0.25) is 0 Å². The molecule has 2 aromatic heterocycles. The van der Waals surface area contributed by atoms with Crippen molar-refractivity contribution in [3.63, 3.8) is 0 Å². The lowest BCUT2D eigenvalue weighted by atomic mass is 9.91. The van der Waals surface area contributed by atoms with Crippen LogP contribution < -0.4 is 10.1 Å². The molecule has 0 radical (unpaired) electrons. The lowest BCUT2D eigenvalue weighted by Crippen LogP contribution is -2.14. The number of aromatic amines is 1. The molecule has 4 aromatic rings. The van der Waals surface area contributed by atoms with Gasteiger partial charge in [-0.2, -0.15) is 5.10 Å². The van der Waals surface area contributed by atoms with E-state index in [0.717, 1.165) is 40.0 Å². The number of rotatable bonds is 5. The SMILES string of the molecule is COc1cc(C2C=C(C)C(Nc3ccc4[nH]ncc4c3Cl)=NCC2)ccc1C(=O)c1cccnc1. The number of hydrogen-bond acceptors (Lipinski definition) is 6. The summed E-state index contributed by atoms with van der Waals surface area (Å²) in [4.78, 5) is 21.8. The second kappa shape index (κ2) is 9.72. The molecule has 1 aliphatic heterocycles. The lowest BCUT2D eigenvalue weighted by Gasteiger charge is -2.15. The van der Waals surface area contributed by atoms with Gasteiger partial charge in [-0.15, -0.1) is 0 Å². The van der Waals surface area contributed by atoms with Gasteiger partial charge < -0.3 is 10.1 Å². The van der Waals surface area contributed by atoms with Crippen LogP contribution in [0.5, 0.6) is 5.75 Å². The molecule has 1 unspecified atom stereocenters. The first-order valence-electron chi connectivity index (χ1n) is 11.3. The number of aromatic nitrogens is 3. The Labute approximate surface area is 207 Å². The number of H-pyrrole nitrogens is 1. The number of nitrogens with one attached hydrogen (secondary N) is 2. The van der Waals surface area contributed by atoms with Crippen molar-refractivity contribution in [2.75, 3.05) is 19.0 Å². The molecule has 0 bridgehead atoms. The van der Waals surface area contributed by atoms with Gasteiger partial charge in [-0.3, -0.25) is 19.9 Å². The van der Waals surface area contributed by atoms with Gasteiger partial charge in [0, 0.05) is 35.8 Å². The summed E-state index contributed by atoms with van der Waals surface area (Å²) in [5, 5.41) is 11.8. The Morgan fingerprint density at radius 2 is 2.09 bits per heavy atom. The molecular weight excluding hydrogens is 462 g/mol. The molecule has 0 spiro atoms. The first-order valence-corrected chi connectivity index (χ1v) is 11.7. The number of allylic oxidation sites excluding steroid dienone is 1. The van der Waals surface area contributed by atoms with Crippen LogP contribution in [0.4, 0.5) is 5.69 Å². The molecule has 5 rings (SSSR count). The highest BCUT2D eigenvalue weighted by molar-refractivity contribution is 6.38. The highest BCUT2D eigenvalue weighted by atomic mass is 35.5. The molecular formula is C27H24ClN5O2. The maximum atomic E-state index is 13.0. The minimum atomic E-state index is -0.115. The van der Waals surface area contributed by atoms with Crippen molar-refractivity contribution < 1.29 is 9.53 Å². The van der Waals surface area contributed by atoms with Crippen molar-refractivity contribution in [1.29, 1.82) is 0 Å². The number of ketones is 1. The van der Waals surface area contributed by atoms with E-state index in [1.54, 1.807) is 37.8 Å². The standard InChI is InChI=1S/C27H24ClN5O2/c1-16-12-18(9-11-30-27(16)32-23-8-7-22-21(25(23)28)15-31-33-22)17-5-6-20(24(13-17)35-2)26(34)19-4-3-10-29-14-19/h3-8,10,12-15,18H,9,11H2,1-2H3,(H,30,32)(H,31,33). The Bertz CT molecular complexity index is 1460. The molecule has 2 aromatic carbocycles. The number of carbonyl (C=O) groups is 1. The largest absolute Gasteiger partial charge is 0.496 e. The number of aliphatic imine (C=N–C) groups is 1. The Hall–Kier alpha value is -3.97. The van der Waals surface area contributed by atoms with Gasteiger partial charge in [0.05, 0.1) is 35.1 Å². The summed E-state index contributed by atoms with van der Waals surface area (Å²) in [6, 6.07) is 13.1. The monoisotopic (exact) mass is 485 g/mol. The minimum Gasteiger partial charge on any atom is -0.496 e. The quantitative estimate of drug-likeness (QED) is 0.349. The molecule has 0 aliphatic carbocycles. The molecule has 1 aliphatic rings. The van der Waals surface area contributed by atoms with E-state index in [1.165, 1.54) is 0 Å². The average Bonchev–Trinajstić information content (AvgIpc) is 3.30. The summed E-state index contributed by atoms with van der Waals surface area (Å²) in [7, 11) is 1.58. The fraction of sp³-hybridized carbons (Fsp3) is 0.185. The summed E-state index contributed by atoms with van der Waals surface area (Å²) in [5.41, 5.74) is 4.80. The number of hydrogen-bond donors (Lipinski definition) is 2. The summed E-state index contributed by atoms with van der Waals surface area (Å²) in [5.74, 6) is 1.34. The van der Waals surface area contributed by atoms with E-state index in [2.05, 4.69) is 26.6 Å². The molecule has 0 saturated carbocycles. The van der Waals surface area contributed by atoms with Crippen LogP contribution in [0.3, 0.4) is 0 Å². The van der Waals surface area contributed by atoms with Gasteiger partial charge >= 0.3 is 0 Å². The Morgan fingerprint density at radius 3 is 2.89 bits per heavy atom. The third-order valence-electron chi connectivity index (χ3n) is 6.17.